The molecule has 0 unspecified atom stereocenters. The number of halogens is 1. The van der Waals surface area contributed by atoms with Crippen LogP contribution in [0.3, 0.4) is 0 Å². The lowest BCUT2D eigenvalue weighted by atomic mass is 10.1. The molecule has 1 aromatic carbocycles. The van der Waals surface area contributed by atoms with Crippen LogP contribution in [0.15, 0.2) is 28.8 Å². The van der Waals surface area contributed by atoms with E-state index >= 15 is 0 Å². The van der Waals surface area contributed by atoms with Crippen molar-refractivity contribution in [3.05, 3.63) is 34.9 Å². The Kier molecular flexibility index (Phi) is 6.60. The second-order valence-corrected chi connectivity index (χ2v) is 5.66. The summed E-state index contributed by atoms with van der Waals surface area (Å²) in [7, 11) is 1.58. The molecule has 0 radical (unpaired) electrons. The van der Waals surface area contributed by atoms with Gasteiger partial charge < -0.3 is 25.0 Å². The molecule has 0 saturated heterocycles. The van der Waals surface area contributed by atoms with Crippen molar-refractivity contribution in [3.63, 3.8) is 0 Å². The molecule has 8 heteroatoms. The topological polar surface area (TPSA) is 96.6 Å². The summed E-state index contributed by atoms with van der Waals surface area (Å²) in [4.78, 5) is 12.5. The number of methoxy groups -OCH3 is 1. The molecule has 130 valence electrons. The van der Waals surface area contributed by atoms with E-state index in [1.165, 1.54) is 0 Å². The molecule has 0 fully saturated rings. The lowest BCUT2D eigenvalue weighted by Gasteiger charge is -2.09. The fourth-order valence-electron chi connectivity index (χ4n) is 2.02. The van der Waals surface area contributed by atoms with Crippen LogP contribution in [0, 0.1) is 0 Å². The summed E-state index contributed by atoms with van der Waals surface area (Å²) in [5.41, 5.74) is 0.947. The number of hydrogen-bond donors (Lipinski definition) is 3. The van der Waals surface area contributed by atoms with E-state index in [0.29, 0.717) is 35.3 Å². The maximum atomic E-state index is 12.5. The van der Waals surface area contributed by atoms with Crippen LogP contribution in [0.2, 0.25) is 5.02 Å². The van der Waals surface area contributed by atoms with Crippen molar-refractivity contribution in [1.82, 2.24) is 10.5 Å². The van der Waals surface area contributed by atoms with Crippen molar-refractivity contribution in [2.75, 3.05) is 32.1 Å². The molecule has 1 aromatic heterocycles. The normalized spacial score (nSPS) is 12.0. The van der Waals surface area contributed by atoms with Crippen LogP contribution in [0.5, 0.6) is 0 Å². The molecule has 1 amide bonds. The Morgan fingerprint density at radius 1 is 1.42 bits per heavy atom. The number of anilines is 1. The van der Waals surface area contributed by atoms with E-state index in [1.54, 1.807) is 38.3 Å². The highest BCUT2D eigenvalue weighted by Gasteiger charge is 2.24. The first kappa shape index (κ1) is 18.3. The lowest BCUT2D eigenvalue weighted by molar-refractivity contribution is 0.0925. The Bertz CT molecular complexity index is 670. The molecule has 0 aliphatic rings. The summed E-state index contributed by atoms with van der Waals surface area (Å²) in [5.74, 6) is 0.261. The molecular formula is C16H20ClN3O4. The average molecular weight is 354 g/mol. The maximum Gasteiger partial charge on any atom is 0.259 e. The van der Waals surface area contributed by atoms with E-state index in [1.807, 2.05) is 0 Å². The van der Waals surface area contributed by atoms with Crippen LogP contribution < -0.4 is 10.6 Å². The number of carbonyl (C=O) groups is 1. The average Bonchev–Trinajstić information content (AvgIpc) is 2.97. The summed E-state index contributed by atoms with van der Waals surface area (Å²) >= 11 is 5.90. The molecule has 0 saturated carbocycles. The number of benzene rings is 1. The number of aromatic nitrogens is 1. The monoisotopic (exact) mass is 353 g/mol. The fourth-order valence-corrected chi connectivity index (χ4v) is 2.15. The number of hydrogen-bond acceptors (Lipinski definition) is 6. The van der Waals surface area contributed by atoms with Gasteiger partial charge in [0.2, 0.25) is 0 Å². The van der Waals surface area contributed by atoms with Crippen LogP contribution in [0.4, 0.5) is 5.82 Å². The Hall–Kier alpha value is -2.09. The number of nitrogens with one attached hydrogen (secondary N) is 2. The van der Waals surface area contributed by atoms with Gasteiger partial charge in [0.15, 0.2) is 11.6 Å². The fraction of sp³-hybridized carbons (Fsp3) is 0.375. The second kappa shape index (κ2) is 8.68. The van der Waals surface area contributed by atoms with Gasteiger partial charge in [-0.3, -0.25) is 4.79 Å². The molecule has 3 N–H and O–H groups in total. The van der Waals surface area contributed by atoms with Crippen molar-refractivity contribution in [2.24, 2.45) is 0 Å². The minimum Gasteiger partial charge on any atom is -0.392 e. The van der Waals surface area contributed by atoms with Gasteiger partial charge in [0.1, 0.15) is 5.56 Å². The van der Waals surface area contributed by atoms with Crippen molar-refractivity contribution in [3.8, 4) is 11.3 Å². The van der Waals surface area contributed by atoms with Crippen molar-refractivity contribution in [1.29, 1.82) is 0 Å². The molecule has 24 heavy (non-hydrogen) atoms. The van der Waals surface area contributed by atoms with Crippen molar-refractivity contribution < 1.29 is 19.2 Å². The van der Waals surface area contributed by atoms with Gasteiger partial charge in [-0.05, 0) is 31.2 Å². The van der Waals surface area contributed by atoms with Gasteiger partial charge in [-0.15, -0.1) is 0 Å². The summed E-state index contributed by atoms with van der Waals surface area (Å²) in [6, 6.07) is 6.89. The summed E-state index contributed by atoms with van der Waals surface area (Å²) in [6.45, 7) is 2.64. The quantitative estimate of drug-likeness (QED) is 0.629. The molecule has 2 rings (SSSR count). The first-order chi connectivity index (χ1) is 11.5. The highest BCUT2D eigenvalue weighted by atomic mass is 35.5. The zero-order valence-electron chi connectivity index (χ0n) is 13.5. The summed E-state index contributed by atoms with van der Waals surface area (Å²) in [6.07, 6.45) is -0.655. The highest BCUT2D eigenvalue weighted by molar-refractivity contribution is 6.30. The van der Waals surface area contributed by atoms with E-state index in [2.05, 4.69) is 15.8 Å². The first-order valence-corrected chi connectivity index (χ1v) is 7.85. The molecule has 1 heterocycles. The Labute approximate surface area is 144 Å². The van der Waals surface area contributed by atoms with Gasteiger partial charge in [-0.1, -0.05) is 16.8 Å². The third kappa shape index (κ3) is 4.70. The standard InChI is InChI=1S/C16H20ClN3O4/c1-10(21)9-19-16(22)13-14(11-3-5-12(17)6-4-11)24-20-15(13)18-7-8-23-2/h3-6,10,21H,7-9H2,1-2H3,(H,18,20)(H,19,22)/t10-/m1/s1. The molecule has 0 spiro atoms. The highest BCUT2D eigenvalue weighted by Crippen LogP contribution is 2.30. The zero-order valence-corrected chi connectivity index (χ0v) is 14.3. The number of nitrogens with zero attached hydrogens (tertiary/aromatic N) is 1. The smallest absolute Gasteiger partial charge is 0.259 e. The molecule has 0 bridgehead atoms. The Morgan fingerprint density at radius 2 is 2.12 bits per heavy atom. The lowest BCUT2D eigenvalue weighted by Crippen LogP contribution is -2.31. The third-order valence-electron chi connectivity index (χ3n) is 3.18. The number of carbonyl (C=O) groups excluding carboxylic acids is 1. The number of rotatable bonds is 8. The number of aliphatic hydroxyl groups is 1. The van der Waals surface area contributed by atoms with Crippen molar-refractivity contribution in [2.45, 2.75) is 13.0 Å². The van der Waals surface area contributed by atoms with Crippen LogP contribution in [0.1, 0.15) is 17.3 Å². The SMILES string of the molecule is COCCNc1noc(-c2ccc(Cl)cc2)c1C(=O)NC[C@@H](C)O. The summed E-state index contributed by atoms with van der Waals surface area (Å²) in [5, 5.41) is 19.5. The van der Waals surface area contributed by atoms with Crippen LogP contribution >= 0.6 is 11.6 Å². The molecular weight excluding hydrogens is 334 g/mol. The third-order valence-corrected chi connectivity index (χ3v) is 3.43. The van der Waals surface area contributed by atoms with E-state index in [4.69, 9.17) is 20.9 Å². The molecule has 0 aliphatic heterocycles. The minimum atomic E-state index is -0.655. The summed E-state index contributed by atoms with van der Waals surface area (Å²) < 4.78 is 10.3. The number of ether oxygens (including phenoxy) is 1. The second-order valence-electron chi connectivity index (χ2n) is 5.22. The molecule has 0 aliphatic carbocycles. The van der Waals surface area contributed by atoms with Crippen LogP contribution in [-0.2, 0) is 4.74 Å². The maximum absolute atomic E-state index is 12.5. The molecule has 1 atom stereocenters. The first-order valence-electron chi connectivity index (χ1n) is 7.47. The van der Waals surface area contributed by atoms with Gasteiger partial charge in [-0.25, -0.2) is 0 Å². The van der Waals surface area contributed by atoms with Gasteiger partial charge in [0.25, 0.3) is 5.91 Å². The molecule has 7 nitrogen and oxygen atoms in total. The zero-order chi connectivity index (χ0) is 17.5. The van der Waals surface area contributed by atoms with E-state index in [9.17, 15) is 9.90 Å². The van der Waals surface area contributed by atoms with E-state index < -0.39 is 6.10 Å². The van der Waals surface area contributed by atoms with Gasteiger partial charge in [-0.2, -0.15) is 0 Å². The van der Waals surface area contributed by atoms with Gasteiger partial charge >= 0.3 is 0 Å². The minimum absolute atomic E-state index is 0.127. The van der Waals surface area contributed by atoms with Gasteiger partial charge in [0, 0.05) is 30.8 Å². The number of amides is 1. The van der Waals surface area contributed by atoms with Crippen LogP contribution in [0.25, 0.3) is 11.3 Å². The van der Waals surface area contributed by atoms with E-state index in [-0.39, 0.29) is 18.0 Å². The number of aliphatic hydroxyl groups excluding tert-OH is 1. The largest absolute Gasteiger partial charge is 0.392 e. The van der Waals surface area contributed by atoms with Crippen LogP contribution in [-0.4, -0.2) is 49.1 Å². The predicted molar refractivity (Wildman–Crippen MR) is 91.3 cm³/mol. The molecule has 2 aromatic rings. The Morgan fingerprint density at radius 3 is 2.75 bits per heavy atom. The predicted octanol–water partition coefficient (Wildman–Crippen LogP) is 2.16. The van der Waals surface area contributed by atoms with Gasteiger partial charge in [0.05, 0.1) is 12.7 Å². The van der Waals surface area contributed by atoms with Crippen molar-refractivity contribution >= 4 is 23.3 Å². The Balaban J connectivity index is 2.31. The van der Waals surface area contributed by atoms with E-state index in [0.717, 1.165) is 0 Å².